The summed E-state index contributed by atoms with van der Waals surface area (Å²) in [5, 5.41) is 0. The molecular weight excluding hydrogens is 344 g/mol. The summed E-state index contributed by atoms with van der Waals surface area (Å²) in [6.07, 6.45) is 7.10. The number of unbranched alkanes of at least 4 members (excludes halogenated alkanes) is 2. The summed E-state index contributed by atoms with van der Waals surface area (Å²) in [5.74, 6) is 7.10. The monoisotopic (exact) mass is 382 g/mol. The molecule has 1 aromatic carbocycles. The van der Waals surface area contributed by atoms with E-state index in [0.29, 0.717) is 0 Å². The molecule has 2 heteroatoms. The summed E-state index contributed by atoms with van der Waals surface area (Å²) < 4.78 is 0. The lowest BCUT2D eigenvalue weighted by molar-refractivity contribution is 0.783. The Hall–Kier alpha value is -1.23. The van der Waals surface area contributed by atoms with Crippen LogP contribution in [0.3, 0.4) is 0 Å². The summed E-state index contributed by atoms with van der Waals surface area (Å²) in [4.78, 5) is 0. The van der Waals surface area contributed by atoms with Gasteiger partial charge in [0, 0.05) is 11.1 Å². The highest BCUT2D eigenvalue weighted by Gasteiger charge is 2.12. The van der Waals surface area contributed by atoms with Gasteiger partial charge in [0.1, 0.15) is 16.1 Å². The van der Waals surface area contributed by atoms with Gasteiger partial charge < -0.3 is 0 Å². The van der Waals surface area contributed by atoms with E-state index in [4.69, 9.17) is 0 Å². The first-order valence-corrected chi connectivity index (χ1v) is 17.3. The minimum Gasteiger partial charge on any atom is -0.127 e. The second kappa shape index (κ2) is 10.2. The van der Waals surface area contributed by atoms with E-state index in [-0.39, 0.29) is 0 Å². The largest absolute Gasteiger partial charge is 0.129 e. The molecule has 0 heterocycles. The van der Waals surface area contributed by atoms with Crippen molar-refractivity contribution in [2.24, 2.45) is 0 Å². The van der Waals surface area contributed by atoms with E-state index in [1.165, 1.54) is 47.9 Å². The van der Waals surface area contributed by atoms with Crippen LogP contribution in [0.5, 0.6) is 0 Å². The normalized spacial score (nSPS) is 11.4. The predicted octanol–water partition coefficient (Wildman–Crippen LogP) is 6.83. The Morgan fingerprint density at radius 2 is 1.00 bits per heavy atom. The SMILES string of the molecule is CCCCc1cc(C#C[Si](C)(C)C)c(CCCC)cc1C#C[Si](C)(C)C. The van der Waals surface area contributed by atoms with Crippen molar-refractivity contribution >= 4 is 16.1 Å². The second-order valence-corrected chi connectivity index (χ2v) is 18.9. The molecule has 0 nitrogen and oxygen atoms in total. The Labute approximate surface area is 165 Å². The highest BCUT2D eigenvalue weighted by Crippen LogP contribution is 2.21. The molecule has 1 aromatic rings. The fourth-order valence-corrected chi connectivity index (χ4v) is 3.60. The van der Waals surface area contributed by atoms with Crippen LogP contribution in [0.25, 0.3) is 0 Å². The molecule has 0 aliphatic carbocycles. The fraction of sp³-hybridized carbons (Fsp3) is 0.583. The average Bonchev–Trinajstić information content (AvgIpc) is 2.53. The molecule has 0 aromatic heterocycles. The van der Waals surface area contributed by atoms with Gasteiger partial charge in [0.05, 0.1) is 0 Å². The smallest absolute Gasteiger partial charge is 0.127 e. The molecular formula is C24H38Si2. The Morgan fingerprint density at radius 1 is 0.654 bits per heavy atom. The van der Waals surface area contributed by atoms with E-state index in [9.17, 15) is 0 Å². The summed E-state index contributed by atoms with van der Waals surface area (Å²) in [6, 6.07) is 4.73. The van der Waals surface area contributed by atoms with Crippen LogP contribution >= 0.6 is 0 Å². The molecule has 0 N–H and O–H groups in total. The molecule has 0 saturated heterocycles. The van der Waals surface area contributed by atoms with Gasteiger partial charge >= 0.3 is 0 Å². The van der Waals surface area contributed by atoms with Crippen LogP contribution in [0.15, 0.2) is 12.1 Å². The van der Waals surface area contributed by atoms with Crippen LogP contribution in [-0.4, -0.2) is 16.1 Å². The van der Waals surface area contributed by atoms with Crippen LogP contribution in [0.1, 0.15) is 61.8 Å². The van der Waals surface area contributed by atoms with Crippen LogP contribution in [0.4, 0.5) is 0 Å². The standard InChI is InChI=1S/C24H38Si2/c1-9-11-13-21-19-24(16-18-26(6,7)8)22(14-12-10-2)20-23(21)15-17-25(3,4)5/h19-20H,9-14H2,1-8H3. The number of aryl methyl sites for hydroxylation is 2. The van der Waals surface area contributed by atoms with Gasteiger partial charge in [-0.3, -0.25) is 0 Å². The molecule has 0 bridgehead atoms. The zero-order valence-electron chi connectivity index (χ0n) is 18.4. The van der Waals surface area contributed by atoms with Gasteiger partial charge in [0.15, 0.2) is 0 Å². The number of rotatable bonds is 6. The van der Waals surface area contributed by atoms with E-state index in [2.05, 4.69) is 88.2 Å². The molecule has 142 valence electrons. The van der Waals surface area contributed by atoms with Gasteiger partial charge in [0.25, 0.3) is 0 Å². The quantitative estimate of drug-likeness (QED) is 0.373. The van der Waals surface area contributed by atoms with E-state index in [1.807, 2.05) is 0 Å². The lowest BCUT2D eigenvalue weighted by Gasteiger charge is -2.12. The third-order valence-corrected chi connectivity index (χ3v) is 5.82. The molecule has 1 rings (SSSR count). The molecule has 0 radical (unpaired) electrons. The zero-order valence-corrected chi connectivity index (χ0v) is 20.4. The van der Waals surface area contributed by atoms with Gasteiger partial charge in [-0.15, -0.1) is 11.1 Å². The second-order valence-electron chi connectivity index (χ2n) is 9.37. The Bertz CT molecular complexity index is 644. The summed E-state index contributed by atoms with van der Waals surface area (Å²) in [6.45, 7) is 18.4. The summed E-state index contributed by atoms with van der Waals surface area (Å²) >= 11 is 0. The summed E-state index contributed by atoms with van der Waals surface area (Å²) in [7, 11) is -2.75. The lowest BCUT2D eigenvalue weighted by atomic mass is 9.93. The third kappa shape index (κ3) is 8.93. The third-order valence-electron chi connectivity index (χ3n) is 4.07. The van der Waals surface area contributed by atoms with Crippen molar-refractivity contribution in [3.8, 4) is 22.9 Å². The Kier molecular flexibility index (Phi) is 8.95. The van der Waals surface area contributed by atoms with Crippen molar-refractivity contribution in [2.45, 2.75) is 91.7 Å². The van der Waals surface area contributed by atoms with E-state index >= 15 is 0 Å². The van der Waals surface area contributed by atoms with E-state index < -0.39 is 16.1 Å². The number of benzene rings is 1. The van der Waals surface area contributed by atoms with Gasteiger partial charge in [-0.25, -0.2) is 0 Å². The topological polar surface area (TPSA) is 0 Å². The molecule has 0 aliphatic rings. The van der Waals surface area contributed by atoms with Crippen molar-refractivity contribution in [3.05, 3.63) is 34.4 Å². The first-order valence-electron chi connectivity index (χ1n) is 10.3. The molecule has 0 atom stereocenters. The van der Waals surface area contributed by atoms with Crippen molar-refractivity contribution in [2.75, 3.05) is 0 Å². The molecule has 0 aliphatic heterocycles. The van der Waals surface area contributed by atoms with E-state index in [0.717, 1.165) is 12.8 Å². The fourth-order valence-electron chi connectivity index (χ4n) is 2.58. The summed E-state index contributed by atoms with van der Waals surface area (Å²) in [5.41, 5.74) is 12.5. The Morgan fingerprint density at radius 3 is 1.27 bits per heavy atom. The number of hydrogen-bond donors (Lipinski definition) is 0. The van der Waals surface area contributed by atoms with Crippen molar-refractivity contribution in [3.63, 3.8) is 0 Å². The first kappa shape index (κ1) is 22.8. The lowest BCUT2D eigenvalue weighted by Crippen LogP contribution is -2.16. The Balaban J connectivity index is 3.47. The number of hydrogen-bond acceptors (Lipinski definition) is 0. The molecule has 26 heavy (non-hydrogen) atoms. The molecule has 0 amide bonds. The predicted molar refractivity (Wildman–Crippen MR) is 124 cm³/mol. The van der Waals surface area contributed by atoms with Crippen molar-refractivity contribution in [1.29, 1.82) is 0 Å². The average molecular weight is 383 g/mol. The zero-order chi connectivity index (χ0) is 19.8. The van der Waals surface area contributed by atoms with Crippen LogP contribution < -0.4 is 0 Å². The maximum Gasteiger partial charge on any atom is 0.129 e. The van der Waals surface area contributed by atoms with Gasteiger partial charge in [0.2, 0.25) is 0 Å². The van der Waals surface area contributed by atoms with Crippen LogP contribution in [0.2, 0.25) is 39.3 Å². The van der Waals surface area contributed by atoms with Crippen LogP contribution in [0, 0.1) is 22.9 Å². The van der Waals surface area contributed by atoms with Crippen molar-refractivity contribution in [1.82, 2.24) is 0 Å². The van der Waals surface area contributed by atoms with Gasteiger partial charge in [-0.1, -0.05) is 77.8 Å². The maximum absolute atomic E-state index is 3.57. The van der Waals surface area contributed by atoms with E-state index in [1.54, 1.807) is 0 Å². The maximum atomic E-state index is 3.57. The molecule has 0 spiro atoms. The highest BCUT2D eigenvalue weighted by molar-refractivity contribution is 6.84. The molecule has 0 saturated carbocycles. The van der Waals surface area contributed by atoms with Crippen molar-refractivity contribution < 1.29 is 0 Å². The van der Waals surface area contributed by atoms with Gasteiger partial charge in [-0.05, 0) is 48.9 Å². The van der Waals surface area contributed by atoms with Crippen LogP contribution in [-0.2, 0) is 12.8 Å². The minimum absolute atomic E-state index is 1.11. The first-order chi connectivity index (χ1) is 12.1. The molecule has 0 fully saturated rings. The molecule has 0 unspecified atom stereocenters. The van der Waals surface area contributed by atoms with Gasteiger partial charge in [-0.2, -0.15) is 0 Å². The highest BCUT2D eigenvalue weighted by atomic mass is 28.3. The minimum atomic E-state index is -1.37.